The summed E-state index contributed by atoms with van der Waals surface area (Å²) < 4.78 is 4.71. The Morgan fingerprint density at radius 1 is 1.17 bits per heavy atom. The molecular formula is C24H27NO4. The van der Waals surface area contributed by atoms with Gasteiger partial charge in [-0.25, -0.2) is 4.79 Å². The van der Waals surface area contributed by atoms with Crippen LogP contribution in [-0.2, 0) is 22.4 Å². The van der Waals surface area contributed by atoms with Gasteiger partial charge in [0.2, 0.25) is 5.91 Å². The molecule has 5 heteroatoms. The molecule has 1 amide bonds. The van der Waals surface area contributed by atoms with Crippen molar-refractivity contribution < 1.29 is 19.4 Å². The second-order valence-corrected chi connectivity index (χ2v) is 7.27. The number of methoxy groups -OCH3 is 1. The van der Waals surface area contributed by atoms with E-state index in [-0.39, 0.29) is 17.9 Å². The molecule has 2 atom stereocenters. The summed E-state index contributed by atoms with van der Waals surface area (Å²) in [7, 11) is 1.36. The third-order valence-electron chi connectivity index (χ3n) is 5.23. The number of carbonyl (C=O) groups is 2. The molecule has 5 nitrogen and oxygen atoms in total. The average molecular weight is 393 g/mol. The fraction of sp³-hybridized carbons (Fsp3) is 0.333. The van der Waals surface area contributed by atoms with E-state index in [1.165, 1.54) is 7.11 Å². The molecular weight excluding hydrogens is 366 g/mol. The number of nitrogens with zero attached hydrogens (tertiary/aromatic N) is 1. The molecule has 0 saturated carbocycles. The maximum atomic E-state index is 12.3. The lowest BCUT2D eigenvalue weighted by molar-refractivity contribution is -0.128. The van der Waals surface area contributed by atoms with E-state index in [1.54, 1.807) is 18.2 Å². The highest BCUT2D eigenvalue weighted by Crippen LogP contribution is 2.21. The fourth-order valence-electron chi connectivity index (χ4n) is 3.60. The third-order valence-corrected chi connectivity index (χ3v) is 5.23. The molecule has 2 unspecified atom stereocenters. The van der Waals surface area contributed by atoms with Gasteiger partial charge in [-0.1, -0.05) is 54.6 Å². The van der Waals surface area contributed by atoms with Gasteiger partial charge in [-0.05, 0) is 36.1 Å². The first-order chi connectivity index (χ1) is 14.1. The van der Waals surface area contributed by atoms with Crippen LogP contribution in [0.1, 0.15) is 34.3 Å². The van der Waals surface area contributed by atoms with Crippen LogP contribution in [0.5, 0.6) is 0 Å². The van der Waals surface area contributed by atoms with Crippen molar-refractivity contribution in [2.45, 2.75) is 37.8 Å². The summed E-state index contributed by atoms with van der Waals surface area (Å²) in [5.74, 6) is -0.214. The first-order valence-corrected chi connectivity index (χ1v) is 9.94. The molecule has 1 aliphatic rings. The zero-order valence-corrected chi connectivity index (χ0v) is 16.7. The van der Waals surface area contributed by atoms with Crippen molar-refractivity contribution in [3.63, 3.8) is 0 Å². The molecule has 2 aromatic carbocycles. The monoisotopic (exact) mass is 393 g/mol. The molecule has 0 radical (unpaired) electrons. The summed E-state index contributed by atoms with van der Waals surface area (Å²) in [6, 6.07) is 17.1. The van der Waals surface area contributed by atoms with Crippen molar-refractivity contribution in [1.82, 2.24) is 4.90 Å². The van der Waals surface area contributed by atoms with E-state index in [9.17, 15) is 14.7 Å². The lowest BCUT2D eigenvalue weighted by atomic mass is 10.1. The predicted molar refractivity (Wildman–Crippen MR) is 112 cm³/mol. The average Bonchev–Trinajstić information content (AvgIpc) is 3.10. The van der Waals surface area contributed by atoms with Gasteiger partial charge < -0.3 is 14.7 Å². The van der Waals surface area contributed by atoms with E-state index in [4.69, 9.17) is 4.74 Å². The summed E-state index contributed by atoms with van der Waals surface area (Å²) in [5, 5.41) is 10.3. The molecule has 29 heavy (non-hydrogen) atoms. The molecule has 1 saturated heterocycles. The van der Waals surface area contributed by atoms with Crippen LogP contribution < -0.4 is 0 Å². The number of benzene rings is 2. The Balaban J connectivity index is 1.55. The molecule has 1 N–H and O–H groups in total. The van der Waals surface area contributed by atoms with E-state index in [1.807, 2.05) is 53.4 Å². The largest absolute Gasteiger partial charge is 0.465 e. The van der Waals surface area contributed by atoms with Crippen molar-refractivity contribution in [1.29, 1.82) is 0 Å². The second-order valence-electron chi connectivity index (χ2n) is 7.27. The summed E-state index contributed by atoms with van der Waals surface area (Å²) in [4.78, 5) is 25.7. The highest BCUT2D eigenvalue weighted by molar-refractivity contribution is 5.89. The Morgan fingerprint density at radius 3 is 2.59 bits per heavy atom. The first-order valence-electron chi connectivity index (χ1n) is 9.94. The number of hydrogen-bond acceptors (Lipinski definition) is 4. The zero-order chi connectivity index (χ0) is 20.6. The molecule has 2 aromatic rings. The van der Waals surface area contributed by atoms with Crippen molar-refractivity contribution in [3.8, 4) is 0 Å². The van der Waals surface area contributed by atoms with Gasteiger partial charge in [-0.3, -0.25) is 4.79 Å². The number of rotatable bonds is 8. The fourth-order valence-corrected chi connectivity index (χ4v) is 3.60. The number of hydrogen-bond donors (Lipinski definition) is 1. The van der Waals surface area contributed by atoms with Gasteiger partial charge in [0.15, 0.2) is 0 Å². The molecule has 0 bridgehead atoms. The van der Waals surface area contributed by atoms with Crippen molar-refractivity contribution in [3.05, 3.63) is 83.4 Å². The summed E-state index contributed by atoms with van der Waals surface area (Å²) in [6.45, 7) is 0.611. The number of aliphatic hydroxyl groups excluding tert-OH is 1. The van der Waals surface area contributed by atoms with Gasteiger partial charge in [0.05, 0.1) is 24.8 Å². The van der Waals surface area contributed by atoms with Crippen LogP contribution in [0.4, 0.5) is 0 Å². The van der Waals surface area contributed by atoms with Gasteiger partial charge in [0.1, 0.15) is 0 Å². The molecule has 0 aromatic heterocycles. The standard InChI is InChI=1S/C24H27NO4/c1-29-24(28)20-9-7-18(8-10-20)15-16-25-21(12-14-23(25)27)11-13-22(26)17-19-5-3-2-4-6-19/h2-11,13,21-22,26H,12,14-17H2,1H3. The van der Waals surface area contributed by atoms with Crippen molar-refractivity contribution in [2.75, 3.05) is 13.7 Å². The molecule has 1 fully saturated rings. The van der Waals surface area contributed by atoms with Crippen LogP contribution in [-0.4, -0.2) is 47.7 Å². The van der Waals surface area contributed by atoms with Gasteiger partial charge in [-0.2, -0.15) is 0 Å². The SMILES string of the molecule is COC(=O)c1ccc(CCN2C(=O)CCC2C=CC(O)Cc2ccccc2)cc1. The molecule has 0 aliphatic carbocycles. The van der Waals surface area contributed by atoms with E-state index >= 15 is 0 Å². The van der Waals surface area contributed by atoms with Crippen LogP contribution >= 0.6 is 0 Å². The molecule has 1 aliphatic heterocycles. The topological polar surface area (TPSA) is 66.8 Å². The summed E-state index contributed by atoms with van der Waals surface area (Å²) in [5.41, 5.74) is 2.66. The Bertz CT molecular complexity index is 845. The molecule has 0 spiro atoms. The number of likely N-dealkylation sites (tertiary alicyclic amines) is 1. The normalized spacial score (nSPS) is 17.7. The minimum atomic E-state index is -0.569. The van der Waals surface area contributed by atoms with Crippen LogP contribution in [0.2, 0.25) is 0 Å². The molecule has 152 valence electrons. The maximum absolute atomic E-state index is 12.3. The first kappa shape index (κ1) is 20.8. The van der Waals surface area contributed by atoms with Crippen LogP contribution in [0, 0.1) is 0 Å². The predicted octanol–water partition coefficient (Wildman–Crippen LogP) is 3.17. The Kier molecular flexibility index (Phi) is 7.19. The lowest BCUT2D eigenvalue weighted by Gasteiger charge is -2.23. The third kappa shape index (κ3) is 5.78. The van der Waals surface area contributed by atoms with Crippen LogP contribution in [0.15, 0.2) is 66.7 Å². The number of aliphatic hydroxyl groups is 1. The zero-order valence-electron chi connectivity index (χ0n) is 16.7. The Labute approximate surface area is 171 Å². The summed E-state index contributed by atoms with van der Waals surface area (Å²) >= 11 is 0. The number of amides is 1. The van der Waals surface area contributed by atoms with E-state index in [0.717, 1.165) is 17.5 Å². The minimum absolute atomic E-state index is 0.0160. The number of ether oxygens (including phenoxy) is 1. The van der Waals surface area contributed by atoms with Gasteiger partial charge in [0, 0.05) is 19.4 Å². The Hall–Kier alpha value is -2.92. The quantitative estimate of drug-likeness (QED) is 0.553. The number of esters is 1. The smallest absolute Gasteiger partial charge is 0.337 e. The summed E-state index contributed by atoms with van der Waals surface area (Å²) in [6.07, 6.45) is 5.77. The van der Waals surface area contributed by atoms with Crippen molar-refractivity contribution >= 4 is 11.9 Å². The van der Waals surface area contributed by atoms with E-state index in [0.29, 0.717) is 31.4 Å². The lowest BCUT2D eigenvalue weighted by Crippen LogP contribution is -2.33. The molecule has 3 rings (SSSR count). The number of carbonyl (C=O) groups excluding carboxylic acids is 2. The highest BCUT2D eigenvalue weighted by Gasteiger charge is 2.28. The second kappa shape index (κ2) is 10.0. The van der Waals surface area contributed by atoms with Crippen molar-refractivity contribution in [2.24, 2.45) is 0 Å². The Morgan fingerprint density at radius 2 is 1.90 bits per heavy atom. The van der Waals surface area contributed by atoms with Crippen LogP contribution in [0.25, 0.3) is 0 Å². The minimum Gasteiger partial charge on any atom is -0.465 e. The van der Waals surface area contributed by atoms with Gasteiger partial charge in [0.25, 0.3) is 0 Å². The van der Waals surface area contributed by atoms with E-state index < -0.39 is 6.10 Å². The maximum Gasteiger partial charge on any atom is 0.337 e. The van der Waals surface area contributed by atoms with E-state index in [2.05, 4.69) is 0 Å². The van der Waals surface area contributed by atoms with Gasteiger partial charge in [-0.15, -0.1) is 0 Å². The van der Waals surface area contributed by atoms with Gasteiger partial charge >= 0.3 is 5.97 Å². The molecule has 1 heterocycles. The van der Waals surface area contributed by atoms with Crippen LogP contribution in [0.3, 0.4) is 0 Å². The highest BCUT2D eigenvalue weighted by atomic mass is 16.5.